The van der Waals surface area contributed by atoms with E-state index in [1.807, 2.05) is 0 Å². The molecule has 102 valence electrons. The number of benzene rings is 1. The molecule has 0 aliphatic heterocycles. The Morgan fingerprint density at radius 1 is 1.17 bits per heavy atom. The van der Waals surface area contributed by atoms with Crippen LogP contribution in [0.25, 0.3) is 0 Å². The molecule has 0 aromatic heterocycles. The van der Waals surface area contributed by atoms with E-state index in [1.54, 1.807) is 32.0 Å². The van der Waals surface area contributed by atoms with Crippen molar-refractivity contribution in [3.05, 3.63) is 35.9 Å². The second-order valence-electron chi connectivity index (χ2n) is 4.60. The Kier molecular flexibility index (Phi) is 5.16. The van der Waals surface area contributed by atoms with Gasteiger partial charge in [0.05, 0.1) is 6.10 Å². The summed E-state index contributed by atoms with van der Waals surface area (Å²) in [7, 11) is 0. The highest BCUT2D eigenvalue weighted by molar-refractivity contribution is 5.20. The Balaban J connectivity index is 2.76. The molecule has 1 rings (SSSR count). The monoisotopic (exact) mass is 261 g/mol. The summed E-state index contributed by atoms with van der Waals surface area (Å²) in [6.45, 7) is 3.44. The number of rotatable bonds is 5. The highest BCUT2D eigenvalue weighted by Crippen LogP contribution is 2.32. The molecule has 2 N–H and O–H groups in total. The Morgan fingerprint density at radius 3 is 2.17 bits per heavy atom. The molecule has 2 nitrogen and oxygen atoms in total. The molecule has 0 saturated heterocycles. The Morgan fingerprint density at radius 2 is 1.72 bits per heavy atom. The predicted molar refractivity (Wildman–Crippen MR) is 64.1 cm³/mol. The molecule has 18 heavy (non-hydrogen) atoms. The van der Waals surface area contributed by atoms with E-state index in [9.17, 15) is 18.3 Å². The fourth-order valence-corrected chi connectivity index (χ4v) is 1.54. The normalized spacial score (nSPS) is 15.7. The lowest BCUT2D eigenvalue weighted by Crippen LogP contribution is -2.39. The highest BCUT2D eigenvalue weighted by atomic mass is 19.4. The topological polar surface area (TPSA) is 32.3 Å². The van der Waals surface area contributed by atoms with Crippen LogP contribution < -0.4 is 5.32 Å². The van der Waals surface area contributed by atoms with E-state index in [4.69, 9.17) is 0 Å². The molecule has 2 unspecified atom stereocenters. The van der Waals surface area contributed by atoms with Crippen molar-refractivity contribution in [2.24, 2.45) is 5.92 Å². The third kappa shape index (κ3) is 4.31. The van der Waals surface area contributed by atoms with Crippen molar-refractivity contribution in [2.45, 2.75) is 32.2 Å². The van der Waals surface area contributed by atoms with Gasteiger partial charge in [-0.15, -0.1) is 0 Å². The van der Waals surface area contributed by atoms with Gasteiger partial charge in [0.15, 0.2) is 0 Å². The van der Waals surface area contributed by atoms with E-state index >= 15 is 0 Å². The molecular formula is C13H18F3NO. The maximum atomic E-state index is 12.9. The van der Waals surface area contributed by atoms with Crippen LogP contribution in [-0.2, 0) is 0 Å². The van der Waals surface area contributed by atoms with Crippen LogP contribution in [0.5, 0.6) is 0 Å². The molecule has 0 aliphatic carbocycles. The first kappa shape index (κ1) is 15.0. The molecule has 2 atom stereocenters. The molecule has 1 aromatic rings. The lowest BCUT2D eigenvalue weighted by molar-refractivity contribution is -0.159. The SMILES string of the molecule is CC(C)C(O)CNC(c1ccccc1)C(F)(F)F. The summed E-state index contributed by atoms with van der Waals surface area (Å²) in [4.78, 5) is 0. The van der Waals surface area contributed by atoms with Gasteiger partial charge in [-0.2, -0.15) is 13.2 Å². The largest absolute Gasteiger partial charge is 0.407 e. The average molecular weight is 261 g/mol. The van der Waals surface area contributed by atoms with E-state index in [0.29, 0.717) is 0 Å². The number of nitrogens with one attached hydrogen (secondary N) is 1. The predicted octanol–water partition coefficient (Wildman–Crippen LogP) is 2.90. The van der Waals surface area contributed by atoms with Crippen LogP contribution in [0.15, 0.2) is 30.3 Å². The van der Waals surface area contributed by atoms with Gasteiger partial charge in [0, 0.05) is 6.54 Å². The minimum absolute atomic E-state index is 0.0813. The van der Waals surface area contributed by atoms with Crippen LogP contribution in [0.3, 0.4) is 0 Å². The van der Waals surface area contributed by atoms with Gasteiger partial charge in [-0.25, -0.2) is 0 Å². The quantitative estimate of drug-likeness (QED) is 0.854. The second-order valence-corrected chi connectivity index (χ2v) is 4.60. The molecule has 0 aliphatic rings. The van der Waals surface area contributed by atoms with Crippen LogP contribution in [0.2, 0.25) is 0 Å². The highest BCUT2D eigenvalue weighted by Gasteiger charge is 2.40. The zero-order chi connectivity index (χ0) is 13.8. The average Bonchev–Trinajstić information content (AvgIpc) is 2.28. The van der Waals surface area contributed by atoms with Crippen LogP contribution in [0.1, 0.15) is 25.5 Å². The molecule has 0 heterocycles. The van der Waals surface area contributed by atoms with Crippen LogP contribution in [0.4, 0.5) is 13.2 Å². The Bertz CT molecular complexity index is 351. The molecule has 0 saturated carbocycles. The molecule has 0 amide bonds. The number of aliphatic hydroxyl groups is 1. The number of halogens is 3. The minimum Gasteiger partial charge on any atom is -0.392 e. The van der Waals surface area contributed by atoms with E-state index in [1.165, 1.54) is 12.1 Å². The van der Waals surface area contributed by atoms with Gasteiger partial charge in [0.25, 0.3) is 0 Å². The number of aliphatic hydroxyl groups excluding tert-OH is 1. The van der Waals surface area contributed by atoms with Gasteiger partial charge in [-0.3, -0.25) is 5.32 Å². The van der Waals surface area contributed by atoms with Crippen molar-refractivity contribution in [1.82, 2.24) is 5.32 Å². The molecule has 0 fully saturated rings. The van der Waals surface area contributed by atoms with Crippen molar-refractivity contribution in [3.8, 4) is 0 Å². The van der Waals surface area contributed by atoms with Crippen molar-refractivity contribution in [3.63, 3.8) is 0 Å². The van der Waals surface area contributed by atoms with Gasteiger partial charge in [-0.1, -0.05) is 44.2 Å². The fraction of sp³-hybridized carbons (Fsp3) is 0.538. The first-order valence-electron chi connectivity index (χ1n) is 5.85. The van der Waals surface area contributed by atoms with E-state index in [0.717, 1.165) is 0 Å². The van der Waals surface area contributed by atoms with Crippen LogP contribution in [-0.4, -0.2) is 23.9 Å². The van der Waals surface area contributed by atoms with Gasteiger partial charge in [-0.05, 0) is 11.5 Å². The summed E-state index contributed by atoms with van der Waals surface area (Å²) >= 11 is 0. The summed E-state index contributed by atoms with van der Waals surface area (Å²) in [5, 5.41) is 11.9. The molecule has 5 heteroatoms. The van der Waals surface area contributed by atoms with Crippen molar-refractivity contribution in [2.75, 3.05) is 6.54 Å². The third-order valence-corrected chi connectivity index (χ3v) is 2.76. The van der Waals surface area contributed by atoms with Gasteiger partial charge < -0.3 is 5.11 Å². The maximum Gasteiger partial charge on any atom is 0.407 e. The standard InChI is InChI=1S/C13H18F3NO/c1-9(2)11(18)8-17-12(13(14,15)16)10-6-4-3-5-7-10/h3-7,9,11-12,17-18H,8H2,1-2H3. The molecule has 0 bridgehead atoms. The maximum absolute atomic E-state index is 12.9. The summed E-state index contributed by atoms with van der Waals surface area (Å²) in [5.74, 6) is -0.0813. The number of hydrogen-bond donors (Lipinski definition) is 2. The fourth-order valence-electron chi connectivity index (χ4n) is 1.54. The van der Waals surface area contributed by atoms with Crippen LogP contribution >= 0.6 is 0 Å². The molecule has 0 radical (unpaired) electrons. The van der Waals surface area contributed by atoms with Crippen molar-refractivity contribution < 1.29 is 18.3 Å². The van der Waals surface area contributed by atoms with E-state index in [-0.39, 0.29) is 18.0 Å². The van der Waals surface area contributed by atoms with E-state index < -0.39 is 18.3 Å². The molecule has 1 aromatic carbocycles. The van der Waals surface area contributed by atoms with Gasteiger partial charge >= 0.3 is 6.18 Å². The first-order valence-corrected chi connectivity index (χ1v) is 5.85. The zero-order valence-corrected chi connectivity index (χ0v) is 10.4. The Labute approximate surface area is 105 Å². The number of hydrogen-bond acceptors (Lipinski definition) is 2. The third-order valence-electron chi connectivity index (χ3n) is 2.76. The lowest BCUT2D eigenvalue weighted by Gasteiger charge is -2.24. The molecule has 0 spiro atoms. The lowest BCUT2D eigenvalue weighted by atomic mass is 10.0. The van der Waals surface area contributed by atoms with Gasteiger partial charge in [0.1, 0.15) is 6.04 Å². The first-order chi connectivity index (χ1) is 8.32. The Hall–Kier alpha value is -1.07. The zero-order valence-electron chi connectivity index (χ0n) is 10.4. The van der Waals surface area contributed by atoms with Crippen molar-refractivity contribution >= 4 is 0 Å². The minimum atomic E-state index is -4.38. The van der Waals surface area contributed by atoms with Crippen molar-refractivity contribution in [1.29, 1.82) is 0 Å². The summed E-state index contributed by atoms with van der Waals surface area (Å²) in [5.41, 5.74) is 0.154. The summed E-state index contributed by atoms with van der Waals surface area (Å²) < 4.78 is 38.7. The number of alkyl halides is 3. The molecular weight excluding hydrogens is 243 g/mol. The second kappa shape index (κ2) is 6.20. The van der Waals surface area contributed by atoms with Gasteiger partial charge in [0.2, 0.25) is 0 Å². The summed E-state index contributed by atoms with van der Waals surface area (Å²) in [6, 6.07) is 5.90. The van der Waals surface area contributed by atoms with Crippen LogP contribution in [0, 0.1) is 5.92 Å². The summed E-state index contributed by atoms with van der Waals surface area (Å²) in [6.07, 6.45) is -5.17. The smallest absolute Gasteiger partial charge is 0.392 e. The van der Waals surface area contributed by atoms with E-state index in [2.05, 4.69) is 5.32 Å².